The summed E-state index contributed by atoms with van der Waals surface area (Å²) >= 11 is 0. The molecule has 0 heterocycles. The number of nitrogens with zero attached hydrogens (tertiary/aromatic N) is 2. The van der Waals surface area contributed by atoms with E-state index in [1.54, 1.807) is 31.4 Å². The molecule has 0 fully saturated rings. The normalized spacial score (nSPS) is 14.4. The maximum absolute atomic E-state index is 12.7. The third-order valence-corrected chi connectivity index (χ3v) is 6.90. The number of sulfonamides is 1. The largest absolute Gasteiger partial charge is 0.497 e. The number of hydrazone groups is 1. The highest BCUT2D eigenvalue weighted by molar-refractivity contribution is 7.92. The summed E-state index contributed by atoms with van der Waals surface area (Å²) in [5.74, 6) is 0.452. The number of hydrogen-bond donors (Lipinski definition) is 1. The summed E-state index contributed by atoms with van der Waals surface area (Å²) in [6.45, 7) is 0.211. The van der Waals surface area contributed by atoms with Crippen molar-refractivity contribution in [3.05, 3.63) is 95.1 Å². The van der Waals surface area contributed by atoms with E-state index in [9.17, 15) is 13.2 Å². The first-order valence-corrected chi connectivity index (χ1v) is 12.9. The third-order valence-electron chi connectivity index (χ3n) is 5.76. The Balaban J connectivity index is 1.49. The first kappa shape index (κ1) is 23.5. The van der Waals surface area contributed by atoms with Gasteiger partial charge in [-0.1, -0.05) is 30.3 Å². The van der Waals surface area contributed by atoms with E-state index in [2.05, 4.69) is 10.5 Å². The molecule has 8 heteroatoms. The van der Waals surface area contributed by atoms with Crippen LogP contribution in [0.25, 0.3) is 0 Å². The Hall–Kier alpha value is -3.65. The van der Waals surface area contributed by atoms with Gasteiger partial charge in [0.25, 0.3) is 5.91 Å². The van der Waals surface area contributed by atoms with E-state index >= 15 is 0 Å². The minimum atomic E-state index is -3.51. The van der Waals surface area contributed by atoms with Gasteiger partial charge in [-0.25, -0.2) is 13.8 Å². The summed E-state index contributed by atoms with van der Waals surface area (Å²) in [6, 6.07) is 21.7. The van der Waals surface area contributed by atoms with Crippen LogP contribution in [0.4, 0.5) is 5.69 Å². The number of ether oxygens (including phenoxy) is 1. The van der Waals surface area contributed by atoms with E-state index in [0.717, 1.165) is 47.4 Å². The maximum atomic E-state index is 12.7. The summed E-state index contributed by atoms with van der Waals surface area (Å²) in [4.78, 5) is 12.7. The summed E-state index contributed by atoms with van der Waals surface area (Å²) in [6.07, 6.45) is 3.85. The number of fused-ring (bicyclic) bond motifs is 1. The molecular weight excluding hydrogens is 450 g/mol. The molecule has 0 atom stereocenters. The van der Waals surface area contributed by atoms with Crippen LogP contribution in [0.1, 0.15) is 39.9 Å². The van der Waals surface area contributed by atoms with Gasteiger partial charge >= 0.3 is 0 Å². The number of carbonyl (C=O) groups excluding carboxylic acids is 1. The summed E-state index contributed by atoms with van der Waals surface area (Å²) in [5.41, 5.74) is 7.41. The summed E-state index contributed by atoms with van der Waals surface area (Å²) < 4.78 is 31.4. The van der Waals surface area contributed by atoms with Crippen LogP contribution in [0, 0.1) is 0 Å². The van der Waals surface area contributed by atoms with Crippen molar-refractivity contribution in [3.63, 3.8) is 0 Å². The lowest BCUT2D eigenvalue weighted by Crippen LogP contribution is -2.29. The summed E-state index contributed by atoms with van der Waals surface area (Å²) in [7, 11) is -1.86. The molecule has 4 rings (SSSR count). The summed E-state index contributed by atoms with van der Waals surface area (Å²) in [5, 5.41) is 4.38. The molecule has 176 valence electrons. The van der Waals surface area contributed by atoms with Gasteiger partial charge in [-0.15, -0.1) is 0 Å². The van der Waals surface area contributed by atoms with Gasteiger partial charge in [-0.2, -0.15) is 5.10 Å². The lowest BCUT2D eigenvalue weighted by atomic mass is 9.90. The predicted octanol–water partition coefficient (Wildman–Crippen LogP) is 4.13. The molecular formula is C26H27N3O4S. The van der Waals surface area contributed by atoms with E-state index < -0.39 is 10.0 Å². The molecule has 1 aliphatic carbocycles. The minimum Gasteiger partial charge on any atom is -0.497 e. The molecule has 0 aliphatic heterocycles. The van der Waals surface area contributed by atoms with Gasteiger partial charge in [-0.3, -0.25) is 9.10 Å². The van der Waals surface area contributed by atoms with Gasteiger partial charge in [0, 0.05) is 11.1 Å². The number of rotatable bonds is 7. The maximum Gasteiger partial charge on any atom is 0.271 e. The first-order chi connectivity index (χ1) is 16.3. The lowest BCUT2D eigenvalue weighted by molar-refractivity contribution is 0.0954. The van der Waals surface area contributed by atoms with Crippen LogP contribution in [0.15, 0.2) is 77.9 Å². The second kappa shape index (κ2) is 10.1. The average molecular weight is 478 g/mol. The SMILES string of the molecule is COc1ccc2c(c1)CCC/C2=N/NC(=O)c1ccc(N(Cc2ccccc2)S(C)(=O)=O)cc1. The molecule has 0 saturated carbocycles. The van der Waals surface area contributed by atoms with Crippen molar-refractivity contribution < 1.29 is 17.9 Å². The molecule has 0 aromatic heterocycles. The highest BCUT2D eigenvalue weighted by Crippen LogP contribution is 2.26. The Bertz CT molecular complexity index is 1300. The Kier molecular flexibility index (Phi) is 6.98. The van der Waals surface area contributed by atoms with Crippen LogP contribution in [0.5, 0.6) is 5.75 Å². The van der Waals surface area contributed by atoms with Gasteiger partial charge < -0.3 is 4.74 Å². The lowest BCUT2D eigenvalue weighted by Gasteiger charge is -2.22. The van der Waals surface area contributed by atoms with Crippen LogP contribution in [0.2, 0.25) is 0 Å². The van der Waals surface area contributed by atoms with E-state index in [1.807, 2.05) is 48.5 Å². The minimum absolute atomic E-state index is 0.211. The molecule has 0 spiro atoms. The molecule has 0 unspecified atom stereocenters. The highest BCUT2D eigenvalue weighted by Gasteiger charge is 2.19. The smallest absolute Gasteiger partial charge is 0.271 e. The number of carbonyl (C=O) groups is 1. The van der Waals surface area contributed by atoms with E-state index in [0.29, 0.717) is 11.3 Å². The zero-order chi connectivity index (χ0) is 24.1. The molecule has 34 heavy (non-hydrogen) atoms. The van der Waals surface area contributed by atoms with Gasteiger partial charge in [0.05, 0.1) is 31.3 Å². The number of hydrogen-bond acceptors (Lipinski definition) is 5. The van der Waals surface area contributed by atoms with Crippen molar-refractivity contribution >= 4 is 27.3 Å². The fourth-order valence-corrected chi connectivity index (χ4v) is 4.88. The number of anilines is 1. The van der Waals surface area contributed by atoms with Crippen molar-refractivity contribution in [2.45, 2.75) is 25.8 Å². The van der Waals surface area contributed by atoms with E-state index in [1.165, 1.54) is 10.6 Å². The topological polar surface area (TPSA) is 88.1 Å². The van der Waals surface area contributed by atoms with Gasteiger partial charge in [0.1, 0.15) is 5.75 Å². The standard InChI is InChI=1S/C26H27N3O4S/c1-33-23-15-16-24-21(17-23)9-6-10-25(24)27-28-26(30)20-11-13-22(14-12-20)29(34(2,31)32)18-19-7-4-3-5-8-19/h3-5,7-8,11-17H,6,9-10,18H2,1-2H3,(H,28,30)/b27-25-. The Labute approximate surface area is 200 Å². The molecule has 3 aromatic carbocycles. The number of amides is 1. The van der Waals surface area contributed by atoms with Crippen LogP contribution in [-0.4, -0.2) is 33.4 Å². The third kappa shape index (κ3) is 5.46. The number of nitrogens with one attached hydrogen (secondary N) is 1. The number of methoxy groups -OCH3 is 1. The second-order valence-corrected chi connectivity index (χ2v) is 10.1. The van der Waals surface area contributed by atoms with E-state index in [4.69, 9.17) is 4.74 Å². The number of benzene rings is 3. The Morgan fingerprint density at radius 1 is 1.03 bits per heavy atom. The van der Waals surface area contributed by atoms with Crippen molar-refractivity contribution in [1.29, 1.82) is 0 Å². The molecule has 0 bridgehead atoms. The van der Waals surface area contributed by atoms with Gasteiger partial charge in [0.15, 0.2) is 0 Å². The molecule has 7 nitrogen and oxygen atoms in total. The zero-order valence-electron chi connectivity index (χ0n) is 19.2. The zero-order valence-corrected chi connectivity index (χ0v) is 20.0. The Morgan fingerprint density at radius 3 is 2.44 bits per heavy atom. The molecule has 1 amide bonds. The van der Waals surface area contributed by atoms with E-state index in [-0.39, 0.29) is 12.5 Å². The van der Waals surface area contributed by atoms with Crippen molar-refractivity contribution in [3.8, 4) is 5.75 Å². The highest BCUT2D eigenvalue weighted by atomic mass is 32.2. The first-order valence-electron chi connectivity index (χ1n) is 11.0. The quantitative estimate of drug-likeness (QED) is 0.518. The molecule has 0 radical (unpaired) electrons. The molecule has 3 aromatic rings. The van der Waals surface area contributed by atoms with Crippen LogP contribution >= 0.6 is 0 Å². The van der Waals surface area contributed by atoms with Gasteiger partial charge in [0.2, 0.25) is 10.0 Å². The average Bonchev–Trinajstić information content (AvgIpc) is 2.85. The van der Waals surface area contributed by atoms with Crippen LogP contribution in [0.3, 0.4) is 0 Å². The van der Waals surface area contributed by atoms with Crippen LogP contribution in [-0.2, 0) is 23.0 Å². The predicted molar refractivity (Wildman–Crippen MR) is 134 cm³/mol. The van der Waals surface area contributed by atoms with Crippen LogP contribution < -0.4 is 14.5 Å². The molecule has 0 saturated heterocycles. The molecule has 1 aliphatic rings. The van der Waals surface area contributed by atoms with Gasteiger partial charge in [-0.05, 0) is 72.9 Å². The van der Waals surface area contributed by atoms with Crippen molar-refractivity contribution in [2.75, 3.05) is 17.7 Å². The Morgan fingerprint density at radius 2 is 1.76 bits per heavy atom. The second-order valence-electron chi connectivity index (χ2n) is 8.18. The molecule has 1 N–H and O–H groups in total. The fraction of sp³-hybridized carbons (Fsp3) is 0.231. The monoisotopic (exact) mass is 477 g/mol. The number of aryl methyl sites for hydroxylation is 1. The van der Waals surface area contributed by atoms with Crippen molar-refractivity contribution in [1.82, 2.24) is 5.43 Å². The van der Waals surface area contributed by atoms with Crippen molar-refractivity contribution in [2.24, 2.45) is 5.10 Å². The fourth-order valence-electron chi connectivity index (χ4n) is 3.99.